The highest BCUT2D eigenvalue weighted by atomic mass is 79.9. The van der Waals surface area contributed by atoms with E-state index in [9.17, 15) is 41.4 Å². The molecule has 0 fully saturated rings. The summed E-state index contributed by atoms with van der Waals surface area (Å²) in [5.41, 5.74) is -5.76. The fourth-order valence-electron chi connectivity index (χ4n) is 2.21. The highest BCUT2D eigenvalue weighted by Gasteiger charge is 2.41. The molecule has 0 spiro atoms. The maximum Gasteiger partial charge on any atom is 0.416 e. The third-order valence-corrected chi connectivity index (χ3v) is 3.57. The molecular weight excluding hydrogens is 446 g/mol. The van der Waals surface area contributed by atoms with Crippen LogP contribution in [0.3, 0.4) is 0 Å². The number of aliphatic hydroxyl groups is 1. The molecule has 0 aromatic heterocycles. The third-order valence-electron chi connectivity index (χ3n) is 3.57. The Hall–Kier alpha value is -2.07. The van der Waals surface area contributed by atoms with Gasteiger partial charge in [0.25, 0.3) is 0 Å². The molecule has 2 aromatic rings. The molecule has 2 aromatic carbocycles. The largest absolute Gasteiger partial charge is 0.479 e. The Bertz CT molecular complexity index is 710. The Labute approximate surface area is 158 Å². The van der Waals surface area contributed by atoms with Crippen molar-refractivity contribution in [2.45, 2.75) is 18.0 Å². The van der Waals surface area contributed by atoms with Crippen molar-refractivity contribution in [1.82, 2.24) is 0 Å². The summed E-state index contributed by atoms with van der Waals surface area (Å²) in [6.07, 6.45) is -9.32. The fourth-order valence-corrected chi connectivity index (χ4v) is 2.21. The minimum Gasteiger partial charge on any atom is -0.479 e. The number of carboxylic acids is 1. The minimum absolute atomic E-state index is 0.423. The number of aliphatic carboxylic acids is 1. The Morgan fingerprint density at radius 2 is 0.926 bits per heavy atom. The number of halogens is 7. The first-order valence-corrected chi connectivity index (χ1v) is 8.64. The van der Waals surface area contributed by atoms with Gasteiger partial charge >= 0.3 is 18.3 Å². The number of benzene rings is 2. The summed E-state index contributed by atoms with van der Waals surface area (Å²) in [5, 5.41) is 19.8. The van der Waals surface area contributed by atoms with E-state index in [-0.39, 0.29) is 0 Å². The molecular formula is C17H13BrF6O3. The average Bonchev–Trinajstić information content (AvgIpc) is 2.61. The zero-order valence-corrected chi connectivity index (χ0v) is 15.2. The number of hydrogen-bond donors (Lipinski definition) is 2. The molecule has 27 heavy (non-hydrogen) atoms. The van der Waals surface area contributed by atoms with Crippen LogP contribution in [0.5, 0.6) is 0 Å². The summed E-state index contributed by atoms with van der Waals surface area (Å²) in [4.78, 5) is 11.5. The second-order valence-electron chi connectivity index (χ2n) is 5.17. The number of carbonyl (C=O) groups is 1. The number of carboxylic acid groups (broad SMARTS) is 1. The van der Waals surface area contributed by atoms with Gasteiger partial charge in [0.05, 0.1) is 11.1 Å². The molecule has 0 bridgehead atoms. The van der Waals surface area contributed by atoms with Crippen LogP contribution in [0.1, 0.15) is 22.3 Å². The predicted molar refractivity (Wildman–Crippen MR) is 88.4 cm³/mol. The second-order valence-corrected chi connectivity index (χ2v) is 5.17. The molecule has 0 saturated carbocycles. The summed E-state index contributed by atoms with van der Waals surface area (Å²) in [6, 6.07) is 5.34. The Kier molecular flexibility index (Phi) is 7.06. The van der Waals surface area contributed by atoms with Crippen LogP contribution in [0, 0.1) is 0 Å². The van der Waals surface area contributed by atoms with Gasteiger partial charge in [-0.2, -0.15) is 26.3 Å². The van der Waals surface area contributed by atoms with E-state index in [1.165, 1.54) is 0 Å². The SMILES string of the molecule is CBr.O=C(O)C(O)(c1ccc(C(F)(F)F)cc1)c1ccc(C(F)(F)F)cc1. The van der Waals surface area contributed by atoms with Crippen molar-refractivity contribution in [3.8, 4) is 0 Å². The summed E-state index contributed by atoms with van der Waals surface area (Å²) in [6.45, 7) is 0. The van der Waals surface area contributed by atoms with E-state index >= 15 is 0 Å². The first kappa shape index (κ1) is 23.0. The van der Waals surface area contributed by atoms with Crippen LogP contribution in [-0.2, 0) is 22.7 Å². The lowest BCUT2D eigenvalue weighted by Crippen LogP contribution is -2.37. The molecule has 2 rings (SSSR count). The monoisotopic (exact) mass is 458 g/mol. The zero-order valence-electron chi connectivity index (χ0n) is 13.6. The molecule has 3 nitrogen and oxygen atoms in total. The summed E-state index contributed by atoms with van der Waals surface area (Å²) in [7, 11) is 0. The van der Waals surface area contributed by atoms with Crippen LogP contribution in [-0.4, -0.2) is 22.0 Å². The average molecular weight is 459 g/mol. The minimum atomic E-state index is -4.66. The summed E-state index contributed by atoms with van der Waals surface area (Å²) >= 11 is 2.94. The van der Waals surface area contributed by atoms with Gasteiger partial charge in [-0.05, 0) is 41.2 Å². The van der Waals surface area contributed by atoms with Gasteiger partial charge in [-0.15, -0.1) is 0 Å². The molecule has 2 N–H and O–H groups in total. The number of rotatable bonds is 3. The van der Waals surface area contributed by atoms with Gasteiger partial charge in [0, 0.05) is 0 Å². The molecule has 0 heterocycles. The third kappa shape index (κ3) is 5.01. The number of alkyl halides is 7. The Morgan fingerprint density at radius 3 is 1.11 bits per heavy atom. The van der Waals surface area contributed by atoms with Gasteiger partial charge < -0.3 is 10.2 Å². The van der Waals surface area contributed by atoms with Crippen molar-refractivity contribution < 1.29 is 41.4 Å². The Balaban J connectivity index is 0.00000176. The van der Waals surface area contributed by atoms with Crippen molar-refractivity contribution in [2.75, 3.05) is 5.83 Å². The van der Waals surface area contributed by atoms with E-state index in [2.05, 4.69) is 15.9 Å². The molecule has 0 atom stereocenters. The lowest BCUT2D eigenvalue weighted by atomic mass is 9.85. The number of hydrogen-bond acceptors (Lipinski definition) is 2. The van der Waals surface area contributed by atoms with Gasteiger partial charge in [-0.25, -0.2) is 4.79 Å². The van der Waals surface area contributed by atoms with Crippen LogP contribution in [0.4, 0.5) is 26.3 Å². The summed E-state index contributed by atoms with van der Waals surface area (Å²) in [5.74, 6) is -0.0282. The van der Waals surface area contributed by atoms with Gasteiger partial charge in [-0.3, -0.25) is 0 Å². The van der Waals surface area contributed by atoms with Crippen molar-refractivity contribution in [3.63, 3.8) is 0 Å². The van der Waals surface area contributed by atoms with E-state index in [1.807, 2.05) is 5.83 Å². The van der Waals surface area contributed by atoms with E-state index < -0.39 is 46.2 Å². The molecule has 0 aliphatic heterocycles. The topological polar surface area (TPSA) is 57.5 Å². The van der Waals surface area contributed by atoms with Gasteiger partial charge in [0.15, 0.2) is 0 Å². The molecule has 0 aliphatic rings. The quantitative estimate of drug-likeness (QED) is 0.499. The summed E-state index contributed by atoms with van der Waals surface area (Å²) < 4.78 is 75.4. The maximum absolute atomic E-state index is 12.6. The normalized spacial score (nSPS) is 12.2. The van der Waals surface area contributed by atoms with Gasteiger partial charge in [0.1, 0.15) is 0 Å². The molecule has 0 aliphatic carbocycles. The molecule has 0 radical (unpaired) electrons. The Morgan fingerprint density at radius 1 is 0.704 bits per heavy atom. The highest BCUT2D eigenvalue weighted by molar-refractivity contribution is 9.08. The zero-order chi connectivity index (χ0) is 21.0. The fraction of sp³-hybridized carbons (Fsp3) is 0.235. The predicted octanol–water partition coefficient (Wildman–Crippen LogP) is 5.06. The molecule has 0 amide bonds. The van der Waals surface area contributed by atoms with E-state index in [0.29, 0.717) is 24.3 Å². The standard InChI is InChI=1S/C16H10F6O3.CH3Br/c17-15(18,19)11-5-1-9(2-6-11)14(25,13(23)24)10-3-7-12(8-4-10)16(20,21)22;1-2/h1-8,25H,(H,23,24);1H3. The second kappa shape index (κ2) is 8.30. The molecule has 0 unspecified atom stereocenters. The van der Waals surface area contributed by atoms with Crippen LogP contribution in [0.2, 0.25) is 0 Å². The van der Waals surface area contributed by atoms with Crippen molar-refractivity contribution in [1.29, 1.82) is 0 Å². The van der Waals surface area contributed by atoms with E-state index in [1.54, 1.807) is 0 Å². The van der Waals surface area contributed by atoms with Crippen molar-refractivity contribution in [2.24, 2.45) is 0 Å². The van der Waals surface area contributed by atoms with Crippen molar-refractivity contribution >= 4 is 21.9 Å². The van der Waals surface area contributed by atoms with E-state index in [0.717, 1.165) is 24.3 Å². The molecule has 0 saturated heterocycles. The lowest BCUT2D eigenvalue weighted by Gasteiger charge is -2.25. The van der Waals surface area contributed by atoms with Crippen LogP contribution in [0.25, 0.3) is 0 Å². The smallest absolute Gasteiger partial charge is 0.416 e. The first-order valence-electron chi connectivity index (χ1n) is 7.06. The van der Waals surface area contributed by atoms with Crippen LogP contribution in [0.15, 0.2) is 48.5 Å². The molecule has 148 valence electrons. The van der Waals surface area contributed by atoms with E-state index in [4.69, 9.17) is 0 Å². The lowest BCUT2D eigenvalue weighted by molar-refractivity contribution is -0.155. The first-order chi connectivity index (χ1) is 12.4. The maximum atomic E-state index is 12.6. The van der Waals surface area contributed by atoms with Crippen LogP contribution >= 0.6 is 15.9 Å². The van der Waals surface area contributed by atoms with Crippen molar-refractivity contribution in [3.05, 3.63) is 70.8 Å². The van der Waals surface area contributed by atoms with Gasteiger partial charge in [-0.1, -0.05) is 40.2 Å². The molecule has 10 heteroatoms. The highest BCUT2D eigenvalue weighted by Crippen LogP contribution is 2.36. The van der Waals surface area contributed by atoms with Crippen LogP contribution < -0.4 is 0 Å². The van der Waals surface area contributed by atoms with Gasteiger partial charge in [0.2, 0.25) is 5.60 Å².